The molecule has 0 spiro atoms. The van der Waals surface area contributed by atoms with Crippen molar-refractivity contribution in [3.63, 3.8) is 0 Å². The van der Waals surface area contributed by atoms with Gasteiger partial charge in [0, 0.05) is 6.04 Å². The van der Waals surface area contributed by atoms with E-state index in [2.05, 4.69) is 15.0 Å². The summed E-state index contributed by atoms with van der Waals surface area (Å²) in [6, 6.07) is -0.213. The zero-order chi connectivity index (χ0) is 18.4. The molecule has 0 amide bonds. The first kappa shape index (κ1) is 17.5. The number of ether oxygens (including phenoxy) is 1. The maximum absolute atomic E-state index is 11.8. The molecule has 0 bridgehead atoms. The summed E-state index contributed by atoms with van der Waals surface area (Å²) in [5.74, 6) is -3.98. The molecule has 2 aromatic rings. The van der Waals surface area contributed by atoms with Gasteiger partial charge in [0.25, 0.3) is 11.4 Å². The lowest BCUT2D eigenvalue weighted by atomic mass is 10.2. The van der Waals surface area contributed by atoms with Gasteiger partial charge in [-0.05, 0) is 19.3 Å². The van der Waals surface area contributed by atoms with Gasteiger partial charge in [0.2, 0.25) is 5.95 Å². The topological polar surface area (TPSA) is 194 Å². The van der Waals surface area contributed by atoms with E-state index in [1.807, 2.05) is 0 Å². The van der Waals surface area contributed by atoms with E-state index in [0.717, 1.165) is 0 Å². The van der Waals surface area contributed by atoms with Gasteiger partial charge in [-0.1, -0.05) is 0 Å². The molecule has 0 aliphatic heterocycles. The summed E-state index contributed by atoms with van der Waals surface area (Å²) in [7, 11) is -4.93. The third-order valence-electron chi connectivity index (χ3n) is 4.04. The highest BCUT2D eigenvalue weighted by Crippen LogP contribution is 2.44. The molecule has 6 N–H and O–H groups in total. The molecule has 0 saturated heterocycles. The molecule has 13 heteroatoms. The molecule has 3 atom stereocenters. The zero-order valence-corrected chi connectivity index (χ0v) is 13.7. The SMILES string of the molecule is Nc1nc2c(ncn2[C@H]2CC[C@@H](OC(C(=O)O)P(=O)(O)O)C2)c(=O)[nH]1. The van der Waals surface area contributed by atoms with E-state index in [0.29, 0.717) is 19.3 Å². The number of carboxylic acids is 1. The van der Waals surface area contributed by atoms with Gasteiger partial charge >= 0.3 is 13.6 Å². The summed E-state index contributed by atoms with van der Waals surface area (Å²) < 4.78 is 18.0. The minimum absolute atomic E-state index is 0.0579. The van der Waals surface area contributed by atoms with Gasteiger partial charge in [-0.25, -0.2) is 9.78 Å². The predicted octanol–water partition coefficient (Wildman–Crippen LogP) is -0.600. The highest BCUT2D eigenvalue weighted by Gasteiger charge is 2.41. The second-order valence-electron chi connectivity index (χ2n) is 5.78. The number of nitrogens with zero attached hydrogens (tertiary/aromatic N) is 3. The molecule has 2 aromatic heterocycles. The van der Waals surface area contributed by atoms with Crippen LogP contribution in [0.1, 0.15) is 25.3 Å². The van der Waals surface area contributed by atoms with Gasteiger partial charge in [-0.3, -0.25) is 14.3 Å². The Balaban J connectivity index is 1.81. The number of H-pyrrole nitrogens is 1. The second-order valence-corrected chi connectivity index (χ2v) is 7.43. The van der Waals surface area contributed by atoms with Gasteiger partial charge in [-0.2, -0.15) is 4.98 Å². The van der Waals surface area contributed by atoms with Gasteiger partial charge in [0.15, 0.2) is 11.2 Å². The lowest BCUT2D eigenvalue weighted by Crippen LogP contribution is -2.28. The van der Waals surface area contributed by atoms with Gasteiger partial charge in [0.1, 0.15) is 0 Å². The molecule has 1 fully saturated rings. The number of carbonyl (C=O) groups is 1. The second kappa shape index (κ2) is 6.23. The lowest BCUT2D eigenvalue weighted by molar-refractivity contribution is -0.148. The maximum Gasteiger partial charge on any atom is 0.365 e. The quantitative estimate of drug-likeness (QED) is 0.422. The molecule has 136 valence electrons. The summed E-state index contributed by atoms with van der Waals surface area (Å²) in [5.41, 5.74) is 5.48. The van der Waals surface area contributed by atoms with Crippen LogP contribution in [0, 0.1) is 0 Å². The molecule has 0 radical (unpaired) electrons. The fourth-order valence-electron chi connectivity index (χ4n) is 2.97. The number of aliphatic carboxylic acids is 1. The van der Waals surface area contributed by atoms with Crippen molar-refractivity contribution in [2.75, 3.05) is 5.73 Å². The normalized spacial score (nSPS) is 22.3. The van der Waals surface area contributed by atoms with E-state index in [-0.39, 0.29) is 23.2 Å². The van der Waals surface area contributed by atoms with Gasteiger partial charge < -0.3 is 29.9 Å². The molecule has 3 rings (SSSR count). The van der Waals surface area contributed by atoms with Gasteiger partial charge in [-0.15, -0.1) is 0 Å². The average Bonchev–Trinajstić information content (AvgIpc) is 3.09. The third-order valence-corrected chi connectivity index (χ3v) is 4.99. The van der Waals surface area contributed by atoms with E-state index in [1.54, 1.807) is 4.57 Å². The number of carboxylic acid groups (broad SMARTS) is 1. The highest BCUT2D eigenvalue weighted by molar-refractivity contribution is 7.53. The first-order valence-electron chi connectivity index (χ1n) is 7.32. The van der Waals surface area contributed by atoms with Crippen LogP contribution < -0.4 is 11.3 Å². The molecule has 12 nitrogen and oxygen atoms in total. The largest absolute Gasteiger partial charge is 0.479 e. The van der Waals surface area contributed by atoms with E-state index in [9.17, 15) is 14.2 Å². The summed E-state index contributed by atoms with van der Waals surface area (Å²) in [5, 5.41) is 8.93. The van der Waals surface area contributed by atoms with Crippen LogP contribution in [0.15, 0.2) is 11.1 Å². The Hall–Kier alpha value is -2.27. The standard InChI is InChI=1S/C12H16N5O7P/c13-12-15-8-7(9(18)16-12)14-4-17(8)5-1-2-6(3-5)24-11(10(19)20)25(21,22)23/h4-6,11H,1-3H2,(H,19,20)(H2,21,22,23)(H3,13,15,16,18)/t5-,6+,11?/m0/s1. The molecule has 1 aliphatic carbocycles. The average molecular weight is 373 g/mol. The Morgan fingerprint density at radius 1 is 1.48 bits per heavy atom. The molecule has 1 unspecified atom stereocenters. The monoisotopic (exact) mass is 373 g/mol. The minimum Gasteiger partial charge on any atom is -0.479 e. The van der Waals surface area contributed by atoms with E-state index in [1.165, 1.54) is 6.33 Å². The van der Waals surface area contributed by atoms with Crippen molar-refractivity contribution in [2.24, 2.45) is 0 Å². The number of hydrogen-bond donors (Lipinski definition) is 5. The summed E-state index contributed by atoms with van der Waals surface area (Å²) in [4.78, 5) is 51.4. The van der Waals surface area contributed by atoms with E-state index >= 15 is 0 Å². The fourth-order valence-corrected chi connectivity index (χ4v) is 3.59. The number of nitrogens with one attached hydrogen (secondary N) is 1. The van der Waals surface area contributed by atoms with Crippen LogP contribution >= 0.6 is 7.60 Å². The van der Waals surface area contributed by atoms with Crippen molar-refractivity contribution >= 4 is 30.7 Å². The Labute approximate surface area is 139 Å². The first-order chi connectivity index (χ1) is 11.7. The maximum atomic E-state index is 11.8. The fraction of sp³-hybridized carbons (Fsp3) is 0.500. The number of hydrogen-bond acceptors (Lipinski definition) is 7. The number of nitrogens with two attached hydrogens (primary N) is 1. The molecule has 0 aromatic carbocycles. The van der Waals surface area contributed by atoms with Crippen molar-refractivity contribution in [3.8, 4) is 0 Å². The lowest BCUT2D eigenvalue weighted by Gasteiger charge is -2.20. The Kier molecular flexibility index (Phi) is 4.37. The third kappa shape index (κ3) is 3.42. The number of aromatic nitrogens is 4. The summed E-state index contributed by atoms with van der Waals surface area (Å²) >= 11 is 0. The number of nitrogen functional groups attached to an aromatic ring is 1. The smallest absolute Gasteiger partial charge is 0.365 e. The number of rotatable bonds is 5. The summed E-state index contributed by atoms with van der Waals surface area (Å²) in [6.45, 7) is 0. The van der Waals surface area contributed by atoms with Crippen molar-refractivity contribution in [1.29, 1.82) is 0 Å². The summed E-state index contributed by atoms with van der Waals surface area (Å²) in [6.07, 6.45) is 2.00. The van der Waals surface area contributed by atoms with Crippen LogP contribution in [0.3, 0.4) is 0 Å². The highest BCUT2D eigenvalue weighted by atomic mass is 31.2. The van der Waals surface area contributed by atoms with E-state index < -0.39 is 31.1 Å². The van der Waals surface area contributed by atoms with Crippen LogP contribution in [0.5, 0.6) is 0 Å². The van der Waals surface area contributed by atoms with Crippen LogP contribution in [0.4, 0.5) is 5.95 Å². The van der Waals surface area contributed by atoms with Crippen molar-refractivity contribution in [2.45, 2.75) is 37.3 Å². The Morgan fingerprint density at radius 2 is 2.20 bits per heavy atom. The molecule has 2 heterocycles. The zero-order valence-electron chi connectivity index (χ0n) is 12.8. The Morgan fingerprint density at radius 3 is 2.84 bits per heavy atom. The van der Waals surface area contributed by atoms with Crippen LogP contribution in [-0.2, 0) is 14.1 Å². The molecular formula is C12H16N5O7P. The molecule has 1 aliphatic rings. The molecule has 1 saturated carbocycles. The van der Waals surface area contributed by atoms with Crippen molar-refractivity contribution in [1.82, 2.24) is 19.5 Å². The first-order valence-corrected chi connectivity index (χ1v) is 9.00. The number of aromatic amines is 1. The van der Waals surface area contributed by atoms with Crippen molar-refractivity contribution in [3.05, 3.63) is 16.7 Å². The van der Waals surface area contributed by atoms with Crippen molar-refractivity contribution < 1.29 is 29.0 Å². The predicted molar refractivity (Wildman–Crippen MR) is 83.8 cm³/mol. The molecule has 25 heavy (non-hydrogen) atoms. The Bertz CT molecular complexity index is 918. The van der Waals surface area contributed by atoms with Crippen LogP contribution in [-0.4, -0.2) is 52.3 Å². The number of imidazole rings is 1. The number of anilines is 1. The van der Waals surface area contributed by atoms with Gasteiger partial charge in [0.05, 0.1) is 12.4 Å². The number of fused-ring (bicyclic) bond motifs is 1. The molecular weight excluding hydrogens is 357 g/mol. The van der Waals surface area contributed by atoms with Crippen LogP contribution in [0.25, 0.3) is 11.2 Å². The van der Waals surface area contributed by atoms with Crippen LogP contribution in [0.2, 0.25) is 0 Å². The minimum atomic E-state index is -4.93. The van der Waals surface area contributed by atoms with E-state index in [4.69, 9.17) is 25.4 Å².